The lowest BCUT2D eigenvalue weighted by Gasteiger charge is -2.13. The summed E-state index contributed by atoms with van der Waals surface area (Å²) in [6, 6.07) is 26.1. The molecule has 2 N–H and O–H groups in total. The molecule has 0 aliphatic rings. The Morgan fingerprint density at radius 1 is 0.842 bits per heavy atom. The summed E-state index contributed by atoms with van der Waals surface area (Å²) in [6.45, 7) is -0.321. The van der Waals surface area contributed by atoms with Gasteiger partial charge in [0, 0.05) is 15.5 Å². The van der Waals surface area contributed by atoms with E-state index in [0.29, 0.717) is 11.8 Å². The number of nitrogens with one attached hydrogen (secondary N) is 2. The predicted octanol–water partition coefficient (Wildman–Crippen LogP) is 6.67. The van der Waals surface area contributed by atoms with Crippen LogP contribution in [0.2, 0.25) is 0 Å². The van der Waals surface area contributed by atoms with E-state index in [9.17, 15) is 26.4 Å². The molecule has 4 rings (SSSR count). The highest BCUT2D eigenvalue weighted by Gasteiger charge is 2.30. The maximum atomic E-state index is 12.9. The second kappa shape index (κ2) is 11.6. The van der Waals surface area contributed by atoms with Gasteiger partial charge >= 0.3 is 6.18 Å². The van der Waals surface area contributed by atoms with Crippen molar-refractivity contribution in [1.82, 2.24) is 0 Å². The van der Waals surface area contributed by atoms with Crippen LogP contribution in [0.5, 0.6) is 5.75 Å². The van der Waals surface area contributed by atoms with Crippen LogP contribution in [0.3, 0.4) is 0 Å². The van der Waals surface area contributed by atoms with Crippen LogP contribution in [-0.4, -0.2) is 20.9 Å². The molecule has 11 heteroatoms. The zero-order chi connectivity index (χ0) is 27.2. The second-order valence-electron chi connectivity index (χ2n) is 7.90. The van der Waals surface area contributed by atoms with Gasteiger partial charge in [-0.05, 0) is 66.7 Å². The van der Waals surface area contributed by atoms with E-state index in [1.54, 1.807) is 12.1 Å². The number of para-hydroxylation sites is 1. The van der Waals surface area contributed by atoms with Gasteiger partial charge in [0.05, 0.1) is 16.1 Å². The number of benzene rings is 4. The Morgan fingerprint density at radius 3 is 2.24 bits per heavy atom. The Bertz CT molecular complexity index is 1510. The molecule has 38 heavy (non-hydrogen) atoms. The molecular weight excluding hydrogens is 537 g/mol. The third-order valence-electron chi connectivity index (χ3n) is 5.08. The van der Waals surface area contributed by atoms with Crippen molar-refractivity contribution in [2.45, 2.75) is 20.9 Å². The molecule has 0 fully saturated rings. The Kier molecular flexibility index (Phi) is 8.28. The summed E-state index contributed by atoms with van der Waals surface area (Å²) in [5, 5.41) is 2.81. The van der Waals surface area contributed by atoms with E-state index < -0.39 is 27.7 Å². The number of anilines is 2. The van der Waals surface area contributed by atoms with E-state index in [2.05, 4.69) is 10.0 Å². The summed E-state index contributed by atoms with van der Waals surface area (Å²) in [7, 11) is -4.15. The standard InChI is InChI=1S/C27H21F3N2O4S2/c28-27(29,30)19-7-6-8-20(17-19)32-38(34,35)23-15-13-21(14-16-23)36-18-26(33)31-24-11-4-5-12-25(24)37-22-9-2-1-3-10-22/h1-17,32H,18H2,(H,31,33). The number of rotatable bonds is 9. The topological polar surface area (TPSA) is 84.5 Å². The van der Waals surface area contributed by atoms with Crippen molar-refractivity contribution in [1.29, 1.82) is 0 Å². The van der Waals surface area contributed by atoms with Crippen molar-refractivity contribution in [2.24, 2.45) is 0 Å². The molecule has 0 heterocycles. The lowest BCUT2D eigenvalue weighted by Crippen LogP contribution is -2.20. The maximum Gasteiger partial charge on any atom is 0.416 e. The van der Waals surface area contributed by atoms with Crippen molar-refractivity contribution in [3.8, 4) is 5.75 Å². The van der Waals surface area contributed by atoms with Gasteiger partial charge in [0.2, 0.25) is 0 Å². The summed E-state index contributed by atoms with van der Waals surface area (Å²) < 4.78 is 71.5. The number of amides is 1. The molecule has 0 unspecified atom stereocenters. The molecule has 0 saturated carbocycles. The number of hydrogen-bond acceptors (Lipinski definition) is 5. The first-order chi connectivity index (χ1) is 18.1. The van der Waals surface area contributed by atoms with Gasteiger partial charge in [-0.15, -0.1) is 0 Å². The monoisotopic (exact) mass is 558 g/mol. The number of hydrogen-bond donors (Lipinski definition) is 2. The summed E-state index contributed by atoms with van der Waals surface area (Å²) in [6.07, 6.45) is -4.60. The molecule has 1 amide bonds. The van der Waals surface area contributed by atoms with Gasteiger partial charge in [0.1, 0.15) is 5.75 Å². The fourth-order valence-electron chi connectivity index (χ4n) is 3.30. The number of carbonyl (C=O) groups is 1. The van der Waals surface area contributed by atoms with Gasteiger partial charge in [0.25, 0.3) is 15.9 Å². The quantitative estimate of drug-likeness (QED) is 0.240. The molecular formula is C27H21F3N2O4S2. The number of alkyl halides is 3. The molecule has 0 atom stereocenters. The van der Waals surface area contributed by atoms with E-state index in [1.807, 2.05) is 42.5 Å². The van der Waals surface area contributed by atoms with Gasteiger partial charge in [-0.25, -0.2) is 8.42 Å². The van der Waals surface area contributed by atoms with Crippen LogP contribution in [0.25, 0.3) is 0 Å². The van der Waals surface area contributed by atoms with Gasteiger partial charge in [-0.1, -0.05) is 48.2 Å². The van der Waals surface area contributed by atoms with Crippen molar-refractivity contribution in [2.75, 3.05) is 16.6 Å². The van der Waals surface area contributed by atoms with Crippen molar-refractivity contribution < 1.29 is 31.1 Å². The van der Waals surface area contributed by atoms with E-state index in [-0.39, 0.29) is 22.9 Å². The van der Waals surface area contributed by atoms with Crippen LogP contribution in [-0.2, 0) is 21.0 Å². The number of halogens is 3. The van der Waals surface area contributed by atoms with E-state index >= 15 is 0 Å². The average molecular weight is 559 g/mol. The summed E-state index contributed by atoms with van der Waals surface area (Å²) in [4.78, 5) is 14.2. The zero-order valence-electron chi connectivity index (χ0n) is 19.6. The molecule has 0 radical (unpaired) electrons. The van der Waals surface area contributed by atoms with Crippen LogP contribution in [0.15, 0.2) is 118 Å². The SMILES string of the molecule is O=C(COc1ccc(S(=O)(=O)Nc2cccc(C(F)(F)F)c2)cc1)Nc1ccccc1Sc1ccccc1. The summed E-state index contributed by atoms with van der Waals surface area (Å²) in [5.41, 5.74) is -0.569. The lowest BCUT2D eigenvalue weighted by molar-refractivity contribution is -0.137. The second-order valence-corrected chi connectivity index (χ2v) is 10.7. The largest absolute Gasteiger partial charge is 0.484 e. The molecule has 6 nitrogen and oxygen atoms in total. The number of carbonyl (C=O) groups excluding carboxylic acids is 1. The summed E-state index contributed by atoms with van der Waals surface area (Å²) >= 11 is 1.50. The highest BCUT2D eigenvalue weighted by molar-refractivity contribution is 7.99. The average Bonchev–Trinajstić information content (AvgIpc) is 2.89. The maximum absolute atomic E-state index is 12.9. The van der Waals surface area contributed by atoms with Gasteiger partial charge in [-0.2, -0.15) is 13.2 Å². The Morgan fingerprint density at radius 2 is 1.53 bits per heavy atom. The molecule has 0 aromatic heterocycles. The fraction of sp³-hybridized carbons (Fsp3) is 0.0741. The smallest absolute Gasteiger partial charge is 0.416 e. The van der Waals surface area contributed by atoms with E-state index in [0.717, 1.165) is 21.9 Å². The van der Waals surface area contributed by atoms with Crippen LogP contribution >= 0.6 is 11.8 Å². The normalized spacial score (nSPS) is 11.6. The molecule has 196 valence electrons. The van der Waals surface area contributed by atoms with Gasteiger partial charge in [0.15, 0.2) is 6.61 Å². The Balaban J connectivity index is 1.35. The van der Waals surface area contributed by atoms with Crippen LogP contribution in [0.1, 0.15) is 5.56 Å². The van der Waals surface area contributed by atoms with Gasteiger partial charge in [-0.3, -0.25) is 9.52 Å². The molecule has 0 aliphatic carbocycles. The minimum absolute atomic E-state index is 0.182. The highest BCUT2D eigenvalue weighted by atomic mass is 32.2. The first kappa shape index (κ1) is 27.1. The van der Waals surface area contributed by atoms with Crippen molar-refractivity contribution >= 4 is 39.1 Å². The molecule has 0 saturated heterocycles. The summed E-state index contributed by atoms with van der Waals surface area (Å²) in [5.74, 6) is -0.167. The lowest BCUT2D eigenvalue weighted by atomic mass is 10.2. The van der Waals surface area contributed by atoms with Crippen molar-refractivity contribution in [3.63, 3.8) is 0 Å². The number of sulfonamides is 1. The third-order valence-corrected chi connectivity index (χ3v) is 7.56. The first-order valence-corrected chi connectivity index (χ1v) is 13.4. The molecule has 0 aliphatic heterocycles. The molecule has 4 aromatic rings. The number of ether oxygens (including phenoxy) is 1. The predicted molar refractivity (Wildman–Crippen MR) is 140 cm³/mol. The van der Waals surface area contributed by atoms with Gasteiger partial charge < -0.3 is 10.1 Å². The van der Waals surface area contributed by atoms with E-state index in [1.165, 1.54) is 42.1 Å². The molecule has 0 bridgehead atoms. The Hall–Kier alpha value is -3.96. The van der Waals surface area contributed by atoms with Crippen LogP contribution < -0.4 is 14.8 Å². The van der Waals surface area contributed by atoms with Crippen LogP contribution in [0, 0.1) is 0 Å². The fourth-order valence-corrected chi connectivity index (χ4v) is 5.27. The Labute approximate surface area is 221 Å². The first-order valence-electron chi connectivity index (χ1n) is 11.1. The molecule has 4 aromatic carbocycles. The molecule has 0 spiro atoms. The minimum atomic E-state index is -4.60. The third kappa shape index (κ3) is 7.30. The highest BCUT2D eigenvalue weighted by Crippen LogP contribution is 2.33. The van der Waals surface area contributed by atoms with Crippen molar-refractivity contribution in [3.05, 3.63) is 109 Å². The minimum Gasteiger partial charge on any atom is -0.484 e. The van der Waals surface area contributed by atoms with E-state index in [4.69, 9.17) is 4.74 Å². The van der Waals surface area contributed by atoms with Crippen LogP contribution in [0.4, 0.5) is 24.5 Å². The zero-order valence-corrected chi connectivity index (χ0v) is 21.2.